The van der Waals surface area contributed by atoms with Crippen molar-refractivity contribution in [1.82, 2.24) is 19.9 Å². The van der Waals surface area contributed by atoms with Crippen LogP contribution in [0, 0.1) is 0 Å². The topological polar surface area (TPSA) is 46.0 Å². The largest absolute Gasteiger partial charge is 0.351 e. The average molecular weight is 245 g/mol. The summed E-state index contributed by atoms with van der Waals surface area (Å²) in [5, 5.41) is 3.27. The van der Waals surface area contributed by atoms with Crippen molar-refractivity contribution in [3.63, 3.8) is 0 Å². The Balaban J connectivity index is 2.03. The van der Waals surface area contributed by atoms with Gasteiger partial charge in [-0.1, -0.05) is 0 Å². The van der Waals surface area contributed by atoms with E-state index in [2.05, 4.69) is 20.2 Å². The summed E-state index contributed by atoms with van der Waals surface area (Å²) in [6.45, 7) is 2.08. The number of aromatic nitrogens is 3. The van der Waals surface area contributed by atoms with Crippen molar-refractivity contribution >= 4 is 16.9 Å². The van der Waals surface area contributed by atoms with Crippen LogP contribution in [-0.2, 0) is 7.05 Å². The Labute approximate surface area is 107 Å². The maximum absolute atomic E-state index is 4.56. The highest BCUT2D eigenvalue weighted by Crippen LogP contribution is 2.28. The van der Waals surface area contributed by atoms with Crippen LogP contribution in [0.2, 0.25) is 0 Å². The van der Waals surface area contributed by atoms with Crippen LogP contribution in [0.3, 0.4) is 0 Å². The summed E-state index contributed by atoms with van der Waals surface area (Å²) in [7, 11) is 4.03. The molecule has 3 heterocycles. The monoisotopic (exact) mass is 245 g/mol. The molecule has 0 radical (unpaired) electrons. The highest BCUT2D eigenvalue weighted by Gasteiger charge is 2.26. The summed E-state index contributed by atoms with van der Waals surface area (Å²) in [5.41, 5.74) is 2.16. The predicted octanol–water partition coefficient (Wildman–Crippen LogP) is 1.16. The Morgan fingerprint density at radius 1 is 1.44 bits per heavy atom. The first-order chi connectivity index (χ1) is 8.81. The molecular formula is C13H19N5. The van der Waals surface area contributed by atoms with Crippen molar-refractivity contribution in [2.75, 3.05) is 25.0 Å². The van der Waals surface area contributed by atoms with Gasteiger partial charge < -0.3 is 14.8 Å². The van der Waals surface area contributed by atoms with Crippen molar-refractivity contribution in [2.45, 2.75) is 18.9 Å². The van der Waals surface area contributed by atoms with E-state index in [4.69, 9.17) is 0 Å². The van der Waals surface area contributed by atoms with E-state index in [1.54, 1.807) is 0 Å². The maximum Gasteiger partial charge on any atom is 0.157 e. The summed E-state index contributed by atoms with van der Waals surface area (Å²) in [4.78, 5) is 11.4. The van der Waals surface area contributed by atoms with Crippen LogP contribution >= 0.6 is 0 Å². The Morgan fingerprint density at radius 2 is 2.33 bits per heavy atom. The maximum atomic E-state index is 4.56. The number of nitrogens with zero attached hydrogens (tertiary/aromatic N) is 4. The van der Waals surface area contributed by atoms with Crippen molar-refractivity contribution in [3.05, 3.63) is 18.6 Å². The zero-order valence-corrected chi connectivity index (χ0v) is 10.9. The lowest BCUT2D eigenvalue weighted by Crippen LogP contribution is -2.37. The lowest BCUT2D eigenvalue weighted by Gasteiger charge is -2.25. The first kappa shape index (κ1) is 11.5. The lowest BCUT2D eigenvalue weighted by molar-refractivity contribution is 0.613. The van der Waals surface area contributed by atoms with Crippen LogP contribution in [0.15, 0.2) is 18.6 Å². The van der Waals surface area contributed by atoms with Gasteiger partial charge in [-0.25, -0.2) is 9.97 Å². The molecule has 0 aliphatic carbocycles. The van der Waals surface area contributed by atoms with Gasteiger partial charge in [0.25, 0.3) is 0 Å². The first-order valence-electron chi connectivity index (χ1n) is 6.48. The van der Waals surface area contributed by atoms with E-state index in [1.807, 2.05) is 37.3 Å². The highest BCUT2D eigenvalue weighted by atomic mass is 15.3. The molecule has 1 saturated heterocycles. The van der Waals surface area contributed by atoms with Gasteiger partial charge >= 0.3 is 0 Å². The van der Waals surface area contributed by atoms with E-state index in [-0.39, 0.29) is 0 Å². The van der Waals surface area contributed by atoms with Gasteiger partial charge in [-0.05, 0) is 26.0 Å². The normalized spacial score (nSPS) is 19.9. The summed E-state index contributed by atoms with van der Waals surface area (Å²) in [6.07, 6.45) is 6.20. The molecule has 1 aliphatic heterocycles. The van der Waals surface area contributed by atoms with E-state index in [0.717, 1.165) is 29.9 Å². The molecule has 5 heteroatoms. The number of likely N-dealkylation sites (N-methyl/N-ethyl adjacent to an activating group) is 1. The Hall–Kier alpha value is -1.62. The third kappa shape index (κ3) is 1.75. The number of pyridine rings is 1. The molecular weight excluding hydrogens is 226 g/mol. The van der Waals surface area contributed by atoms with E-state index in [1.165, 1.54) is 12.8 Å². The molecule has 96 valence electrons. The highest BCUT2D eigenvalue weighted by molar-refractivity contribution is 5.86. The quantitative estimate of drug-likeness (QED) is 0.881. The van der Waals surface area contributed by atoms with Crippen LogP contribution in [0.5, 0.6) is 0 Å². The fourth-order valence-corrected chi connectivity index (χ4v) is 2.82. The number of hydrogen-bond acceptors (Lipinski definition) is 4. The van der Waals surface area contributed by atoms with Crippen LogP contribution in [0.4, 0.5) is 5.82 Å². The molecule has 18 heavy (non-hydrogen) atoms. The molecule has 0 bridgehead atoms. The molecule has 1 unspecified atom stereocenters. The van der Waals surface area contributed by atoms with Crippen molar-refractivity contribution in [1.29, 1.82) is 0 Å². The zero-order valence-electron chi connectivity index (χ0n) is 10.9. The van der Waals surface area contributed by atoms with Crippen LogP contribution in [-0.4, -0.2) is 40.7 Å². The van der Waals surface area contributed by atoms with Crippen molar-refractivity contribution < 1.29 is 0 Å². The minimum Gasteiger partial charge on any atom is -0.351 e. The minimum absolute atomic E-state index is 0.537. The number of anilines is 1. The SMILES string of the molecule is CNCC1CCCN1c1nccc2c1ncn2C. The standard InChI is InChI=1S/C13H19N5/c1-14-8-10-4-3-7-18(10)13-12-11(5-6-15-13)17(2)9-16-12/h5-6,9-10,14H,3-4,7-8H2,1-2H3. The molecule has 2 aromatic heterocycles. The Kier molecular flexibility index (Phi) is 2.91. The molecule has 0 aromatic carbocycles. The second kappa shape index (κ2) is 4.57. The molecule has 0 amide bonds. The van der Waals surface area contributed by atoms with Gasteiger partial charge in [0.15, 0.2) is 5.82 Å². The second-order valence-corrected chi connectivity index (χ2v) is 4.90. The molecule has 5 nitrogen and oxygen atoms in total. The van der Waals surface area contributed by atoms with E-state index in [9.17, 15) is 0 Å². The first-order valence-corrected chi connectivity index (χ1v) is 6.48. The number of rotatable bonds is 3. The number of nitrogens with one attached hydrogen (secondary N) is 1. The fourth-order valence-electron chi connectivity index (χ4n) is 2.82. The second-order valence-electron chi connectivity index (χ2n) is 4.90. The fraction of sp³-hybridized carbons (Fsp3) is 0.538. The molecule has 1 atom stereocenters. The van der Waals surface area contributed by atoms with Crippen LogP contribution < -0.4 is 10.2 Å². The molecule has 1 N–H and O–H groups in total. The minimum atomic E-state index is 0.537. The van der Waals surface area contributed by atoms with Gasteiger partial charge in [0, 0.05) is 32.4 Å². The Bertz CT molecular complexity index is 547. The third-order valence-corrected chi connectivity index (χ3v) is 3.71. The predicted molar refractivity (Wildman–Crippen MR) is 72.8 cm³/mol. The smallest absolute Gasteiger partial charge is 0.157 e. The van der Waals surface area contributed by atoms with Gasteiger partial charge in [0.05, 0.1) is 11.8 Å². The van der Waals surface area contributed by atoms with Crippen LogP contribution in [0.25, 0.3) is 11.0 Å². The van der Waals surface area contributed by atoms with Gasteiger partial charge in [-0.3, -0.25) is 0 Å². The zero-order chi connectivity index (χ0) is 12.5. The summed E-state index contributed by atoms with van der Waals surface area (Å²) < 4.78 is 2.05. The number of aryl methyl sites for hydroxylation is 1. The van der Waals surface area contributed by atoms with Gasteiger partial charge in [-0.2, -0.15) is 0 Å². The summed E-state index contributed by atoms with van der Waals surface area (Å²) >= 11 is 0. The number of imidazole rings is 1. The van der Waals surface area contributed by atoms with E-state index >= 15 is 0 Å². The number of fused-ring (bicyclic) bond motifs is 1. The molecule has 0 saturated carbocycles. The summed E-state index contributed by atoms with van der Waals surface area (Å²) in [5.74, 6) is 1.03. The molecule has 2 aromatic rings. The van der Waals surface area contributed by atoms with E-state index < -0.39 is 0 Å². The average Bonchev–Trinajstić information content (AvgIpc) is 2.98. The van der Waals surface area contributed by atoms with Gasteiger partial charge in [-0.15, -0.1) is 0 Å². The van der Waals surface area contributed by atoms with Crippen molar-refractivity contribution in [3.8, 4) is 0 Å². The number of hydrogen-bond donors (Lipinski definition) is 1. The van der Waals surface area contributed by atoms with Gasteiger partial charge in [0.2, 0.25) is 0 Å². The van der Waals surface area contributed by atoms with E-state index in [0.29, 0.717) is 6.04 Å². The lowest BCUT2D eigenvalue weighted by atomic mass is 10.2. The molecule has 3 rings (SSSR count). The molecule has 1 aliphatic rings. The van der Waals surface area contributed by atoms with Crippen molar-refractivity contribution in [2.24, 2.45) is 7.05 Å². The Morgan fingerprint density at radius 3 is 3.17 bits per heavy atom. The molecule has 1 fully saturated rings. The van der Waals surface area contributed by atoms with Gasteiger partial charge in [0.1, 0.15) is 5.52 Å². The third-order valence-electron chi connectivity index (χ3n) is 3.71. The van der Waals surface area contributed by atoms with Crippen LogP contribution in [0.1, 0.15) is 12.8 Å². The summed E-state index contributed by atoms with van der Waals surface area (Å²) in [6, 6.07) is 2.56. The molecule has 0 spiro atoms.